The fourth-order valence-corrected chi connectivity index (χ4v) is 1.29. The standard InChI is InChI=1S/C11H14N2O.ClH/c1-2-9-3-4-11(7-13-9)14-8-10-5-6-12-10;/h2-4,7,10,12H,1,5-6,8H2;1H/t10-;/m0./s1. The lowest BCUT2D eigenvalue weighted by Crippen LogP contribution is -2.46. The Hall–Kier alpha value is -1.06. The van der Waals surface area contributed by atoms with E-state index in [4.69, 9.17) is 4.74 Å². The van der Waals surface area contributed by atoms with E-state index in [1.165, 1.54) is 6.42 Å². The number of hydrogen-bond acceptors (Lipinski definition) is 3. The Bertz CT molecular complexity index is 309. The maximum atomic E-state index is 5.55. The topological polar surface area (TPSA) is 34.1 Å². The van der Waals surface area contributed by atoms with Crippen LogP contribution in [0.3, 0.4) is 0 Å². The van der Waals surface area contributed by atoms with Gasteiger partial charge in [-0.2, -0.15) is 0 Å². The minimum Gasteiger partial charge on any atom is -0.490 e. The van der Waals surface area contributed by atoms with Crippen LogP contribution >= 0.6 is 12.4 Å². The first-order valence-electron chi connectivity index (χ1n) is 4.83. The molecule has 2 rings (SSSR count). The summed E-state index contributed by atoms with van der Waals surface area (Å²) in [7, 11) is 0. The maximum Gasteiger partial charge on any atom is 0.137 e. The first-order valence-corrected chi connectivity index (χ1v) is 4.83. The molecular formula is C11H15ClN2O. The van der Waals surface area contributed by atoms with Crippen molar-refractivity contribution in [3.05, 3.63) is 30.6 Å². The molecule has 2 heterocycles. The lowest BCUT2D eigenvalue weighted by Gasteiger charge is -2.27. The average Bonchev–Trinajstić information content (AvgIpc) is 2.16. The molecule has 1 aliphatic rings. The number of aromatic nitrogens is 1. The van der Waals surface area contributed by atoms with Crippen molar-refractivity contribution in [3.8, 4) is 5.75 Å². The maximum absolute atomic E-state index is 5.55. The number of nitrogens with one attached hydrogen (secondary N) is 1. The lowest BCUT2D eigenvalue weighted by molar-refractivity contribution is 0.217. The molecular weight excluding hydrogens is 212 g/mol. The Morgan fingerprint density at radius 3 is 2.87 bits per heavy atom. The van der Waals surface area contributed by atoms with Gasteiger partial charge in [-0.3, -0.25) is 4.98 Å². The van der Waals surface area contributed by atoms with E-state index in [1.54, 1.807) is 12.3 Å². The zero-order valence-corrected chi connectivity index (χ0v) is 9.30. The number of rotatable bonds is 4. The summed E-state index contributed by atoms with van der Waals surface area (Å²) >= 11 is 0. The predicted molar refractivity (Wildman–Crippen MR) is 63.5 cm³/mol. The first-order chi connectivity index (χ1) is 6.88. The van der Waals surface area contributed by atoms with Crippen LogP contribution in [0.2, 0.25) is 0 Å². The van der Waals surface area contributed by atoms with Crippen molar-refractivity contribution < 1.29 is 4.74 Å². The van der Waals surface area contributed by atoms with Crippen LogP contribution in [0.1, 0.15) is 12.1 Å². The number of ether oxygens (including phenoxy) is 1. The summed E-state index contributed by atoms with van der Waals surface area (Å²) in [4.78, 5) is 4.16. The summed E-state index contributed by atoms with van der Waals surface area (Å²) in [6, 6.07) is 4.34. The molecule has 15 heavy (non-hydrogen) atoms. The van der Waals surface area contributed by atoms with Gasteiger partial charge in [-0.25, -0.2) is 0 Å². The molecule has 1 aliphatic heterocycles. The number of pyridine rings is 1. The van der Waals surface area contributed by atoms with Gasteiger partial charge in [0.15, 0.2) is 0 Å². The highest BCUT2D eigenvalue weighted by Gasteiger charge is 2.16. The lowest BCUT2D eigenvalue weighted by atomic mass is 10.1. The van der Waals surface area contributed by atoms with E-state index in [1.807, 2.05) is 12.1 Å². The normalized spacial score (nSPS) is 18.5. The smallest absolute Gasteiger partial charge is 0.137 e. The molecule has 1 N–H and O–H groups in total. The molecule has 0 radical (unpaired) electrons. The van der Waals surface area contributed by atoms with E-state index in [9.17, 15) is 0 Å². The Morgan fingerprint density at radius 1 is 1.60 bits per heavy atom. The van der Waals surface area contributed by atoms with Crippen LogP contribution < -0.4 is 10.1 Å². The highest BCUT2D eigenvalue weighted by atomic mass is 35.5. The highest BCUT2D eigenvalue weighted by molar-refractivity contribution is 5.85. The second-order valence-corrected chi connectivity index (χ2v) is 3.37. The molecule has 0 aromatic carbocycles. The molecule has 1 atom stereocenters. The zero-order chi connectivity index (χ0) is 9.80. The van der Waals surface area contributed by atoms with Crippen LogP contribution in [0, 0.1) is 0 Å². The van der Waals surface area contributed by atoms with E-state index in [0.717, 1.165) is 24.6 Å². The van der Waals surface area contributed by atoms with Gasteiger partial charge in [0.05, 0.1) is 11.9 Å². The van der Waals surface area contributed by atoms with E-state index >= 15 is 0 Å². The summed E-state index contributed by atoms with van der Waals surface area (Å²) in [5.41, 5.74) is 0.874. The fourth-order valence-electron chi connectivity index (χ4n) is 1.29. The van der Waals surface area contributed by atoms with Crippen LogP contribution in [0.5, 0.6) is 5.75 Å². The van der Waals surface area contributed by atoms with Gasteiger partial charge < -0.3 is 10.1 Å². The number of nitrogens with zero attached hydrogens (tertiary/aromatic N) is 1. The number of halogens is 1. The van der Waals surface area contributed by atoms with E-state index in [-0.39, 0.29) is 12.4 Å². The summed E-state index contributed by atoms with van der Waals surface area (Å²) in [6.07, 6.45) is 4.66. The molecule has 0 unspecified atom stereocenters. The van der Waals surface area contributed by atoms with Gasteiger partial charge in [0.25, 0.3) is 0 Å². The van der Waals surface area contributed by atoms with Gasteiger partial charge in [0.2, 0.25) is 0 Å². The summed E-state index contributed by atoms with van der Waals surface area (Å²) in [5.74, 6) is 0.823. The molecule has 0 spiro atoms. The highest BCUT2D eigenvalue weighted by Crippen LogP contribution is 2.11. The summed E-state index contributed by atoms with van der Waals surface area (Å²) in [5, 5.41) is 3.28. The monoisotopic (exact) mass is 226 g/mol. The molecule has 0 amide bonds. The third-order valence-corrected chi connectivity index (χ3v) is 2.35. The van der Waals surface area contributed by atoms with Crippen LogP contribution in [0.4, 0.5) is 0 Å². The van der Waals surface area contributed by atoms with Crippen LogP contribution in [0.15, 0.2) is 24.9 Å². The quantitative estimate of drug-likeness (QED) is 0.852. The molecule has 4 heteroatoms. The van der Waals surface area contributed by atoms with E-state index < -0.39 is 0 Å². The van der Waals surface area contributed by atoms with Gasteiger partial charge >= 0.3 is 0 Å². The molecule has 0 bridgehead atoms. The molecule has 1 fully saturated rings. The Labute approximate surface area is 96.0 Å². The van der Waals surface area contributed by atoms with Crippen molar-refractivity contribution in [1.29, 1.82) is 0 Å². The van der Waals surface area contributed by atoms with E-state index in [0.29, 0.717) is 6.04 Å². The van der Waals surface area contributed by atoms with Gasteiger partial charge in [-0.05, 0) is 31.2 Å². The third-order valence-electron chi connectivity index (χ3n) is 2.35. The van der Waals surface area contributed by atoms with Crippen molar-refractivity contribution in [2.75, 3.05) is 13.2 Å². The minimum absolute atomic E-state index is 0. The van der Waals surface area contributed by atoms with Gasteiger partial charge in [-0.1, -0.05) is 6.58 Å². The number of hydrogen-bond donors (Lipinski definition) is 1. The molecule has 1 saturated heterocycles. The second-order valence-electron chi connectivity index (χ2n) is 3.37. The summed E-state index contributed by atoms with van der Waals surface area (Å²) in [6.45, 7) is 5.49. The van der Waals surface area contributed by atoms with Crippen molar-refractivity contribution >= 4 is 18.5 Å². The molecule has 1 aromatic rings. The predicted octanol–water partition coefficient (Wildman–Crippen LogP) is 1.89. The van der Waals surface area contributed by atoms with Gasteiger partial charge in [0, 0.05) is 6.04 Å². The third kappa shape index (κ3) is 3.22. The van der Waals surface area contributed by atoms with Crippen molar-refractivity contribution in [2.45, 2.75) is 12.5 Å². The van der Waals surface area contributed by atoms with Gasteiger partial charge in [-0.15, -0.1) is 12.4 Å². The molecule has 3 nitrogen and oxygen atoms in total. The largest absolute Gasteiger partial charge is 0.490 e. The Kier molecular flexibility index (Phi) is 4.59. The Morgan fingerprint density at radius 2 is 2.40 bits per heavy atom. The Balaban J connectivity index is 0.00000112. The van der Waals surface area contributed by atoms with Crippen LogP contribution in [-0.4, -0.2) is 24.2 Å². The SMILES string of the molecule is C=Cc1ccc(OC[C@@H]2CCN2)cn1.Cl. The zero-order valence-electron chi connectivity index (χ0n) is 8.48. The van der Waals surface area contributed by atoms with Crippen molar-refractivity contribution in [3.63, 3.8) is 0 Å². The van der Waals surface area contributed by atoms with Gasteiger partial charge in [0.1, 0.15) is 12.4 Å². The first kappa shape index (κ1) is 12.0. The molecule has 0 saturated carbocycles. The second kappa shape index (κ2) is 5.73. The van der Waals surface area contributed by atoms with Crippen LogP contribution in [0.25, 0.3) is 6.08 Å². The van der Waals surface area contributed by atoms with E-state index in [2.05, 4.69) is 16.9 Å². The van der Waals surface area contributed by atoms with Crippen LogP contribution in [-0.2, 0) is 0 Å². The minimum atomic E-state index is 0. The molecule has 0 aliphatic carbocycles. The molecule has 1 aromatic heterocycles. The van der Waals surface area contributed by atoms with Crippen molar-refractivity contribution in [1.82, 2.24) is 10.3 Å². The van der Waals surface area contributed by atoms with Crippen molar-refractivity contribution in [2.24, 2.45) is 0 Å². The fraction of sp³-hybridized carbons (Fsp3) is 0.364. The summed E-state index contributed by atoms with van der Waals surface area (Å²) < 4.78 is 5.55. The molecule has 82 valence electrons. The average molecular weight is 227 g/mol.